The Balaban J connectivity index is 0.000000561. The zero-order chi connectivity index (χ0) is 9.56. The first kappa shape index (κ1) is 11.1. The molecule has 0 saturated carbocycles. The third kappa shape index (κ3) is 3.49. The smallest absolute Gasteiger partial charge is 0.252 e. The molecule has 0 aromatic heterocycles. The maximum Gasteiger partial charge on any atom is 0.252 e. The van der Waals surface area contributed by atoms with Crippen LogP contribution in [-0.2, 0) is 0 Å². The van der Waals surface area contributed by atoms with Gasteiger partial charge in [0.25, 0.3) is 5.24 Å². The van der Waals surface area contributed by atoms with Crippen LogP contribution in [0, 0.1) is 5.82 Å². The number of carbonyl (C=O) groups is 1. The zero-order valence-corrected chi connectivity index (χ0v) is 7.73. The van der Waals surface area contributed by atoms with Gasteiger partial charge in [-0.1, -0.05) is 19.9 Å². The molecule has 0 N–H and O–H groups in total. The summed E-state index contributed by atoms with van der Waals surface area (Å²) in [7, 11) is 0. The van der Waals surface area contributed by atoms with Crippen molar-refractivity contribution in [1.82, 2.24) is 0 Å². The fraction of sp³-hybridized carbons (Fsp3) is 0.222. The Morgan fingerprint density at radius 1 is 1.42 bits per heavy atom. The Hall–Kier alpha value is -0.890. The molecule has 1 nitrogen and oxygen atoms in total. The summed E-state index contributed by atoms with van der Waals surface area (Å²) in [6.45, 7) is 4.00. The number of hydrogen-bond donors (Lipinski definition) is 0. The zero-order valence-electron chi connectivity index (χ0n) is 6.97. The van der Waals surface area contributed by atoms with Gasteiger partial charge in [0, 0.05) is 5.56 Å². The van der Waals surface area contributed by atoms with E-state index in [0.29, 0.717) is 0 Å². The van der Waals surface area contributed by atoms with Gasteiger partial charge >= 0.3 is 0 Å². The van der Waals surface area contributed by atoms with Crippen LogP contribution in [0.1, 0.15) is 24.2 Å². The Labute approximate surface area is 76.2 Å². The van der Waals surface area contributed by atoms with Crippen LogP contribution < -0.4 is 0 Å². The standard InChI is InChI=1S/C7H4ClFO.C2H6/c8-7(10)5-2-1-3-6(9)4-5;1-2/h1-4H;1-2H3. The second kappa shape index (κ2) is 5.72. The van der Waals surface area contributed by atoms with Crippen molar-refractivity contribution in [2.45, 2.75) is 13.8 Å². The van der Waals surface area contributed by atoms with Crippen molar-refractivity contribution in [3.8, 4) is 0 Å². The van der Waals surface area contributed by atoms with E-state index >= 15 is 0 Å². The first-order valence-corrected chi connectivity index (χ1v) is 4.03. The minimum absolute atomic E-state index is 0.182. The van der Waals surface area contributed by atoms with Crippen LogP contribution >= 0.6 is 11.6 Å². The maximum atomic E-state index is 12.3. The third-order valence-corrected chi connectivity index (χ3v) is 1.27. The van der Waals surface area contributed by atoms with Crippen molar-refractivity contribution in [2.75, 3.05) is 0 Å². The second-order valence-electron chi connectivity index (χ2n) is 1.78. The Morgan fingerprint density at radius 3 is 2.33 bits per heavy atom. The van der Waals surface area contributed by atoms with Gasteiger partial charge in [0.05, 0.1) is 0 Å². The molecule has 66 valence electrons. The lowest BCUT2D eigenvalue weighted by atomic mass is 10.2. The predicted octanol–water partition coefficient (Wildman–Crippen LogP) is 3.23. The van der Waals surface area contributed by atoms with E-state index < -0.39 is 11.1 Å². The lowest BCUT2D eigenvalue weighted by molar-refractivity contribution is 0.108. The normalized spacial score (nSPS) is 8.33. The number of carbonyl (C=O) groups excluding carboxylic acids is 1. The molecule has 0 fully saturated rings. The van der Waals surface area contributed by atoms with Gasteiger partial charge in [-0.15, -0.1) is 0 Å². The lowest BCUT2D eigenvalue weighted by Gasteiger charge is -1.90. The molecule has 3 heteroatoms. The van der Waals surface area contributed by atoms with Gasteiger partial charge in [-0.3, -0.25) is 4.79 Å². The highest BCUT2D eigenvalue weighted by atomic mass is 35.5. The first-order chi connectivity index (χ1) is 5.70. The SMILES string of the molecule is CC.O=C(Cl)c1cccc(F)c1. The lowest BCUT2D eigenvalue weighted by Crippen LogP contribution is -1.87. The van der Waals surface area contributed by atoms with Gasteiger partial charge < -0.3 is 0 Å². The summed E-state index contributed by atoms with van der Waals surface area (Å²) in [6.07, 6.45) is 0. The van der Waals surface area contributed by atoms with E-state index in [0.717, 1.165) is 6.07 Å². The van der Waals surface area contributed by atoms with Gasteiger partial charge in [0.15, 0.2) is 0 Å². The van der Waals surface area contributed by atoms with Crippen molar-refractivity contribution in [1.29, 1.82) is 0 Å². The van der Waals surface area contributed by atoms with Crippen LogP contribution in [-0.4, -0.2) is 5.24 Å². The summed E-state index contributed by atoms with van der Waals surface area (Å²) in [6, 6.07) is 5.24. The molecular weight excluding hydrogens is 179 g/mol. The third-order valence-electron chi connectivity index (χ3n) is 1.05. The molecule has 0 aliphatic carbocycles. The summed E-state index contributed by atoms with van der Waals surface area (Å²) in [5, 5.41) is -0.639. The van der Waals surface area contributed by atoms with E-state index in [1.54, 1.807) is 0 Å². The van der Waals surface area contributed by atoms with E-state index in [1.165, 1.54) is 18.2 Å². The molecule has 0 radical (unpaired) electrons. The molecule has 12 heavy (non-hydrogen) atoms. The van der Waals surface area contributed by atoms with Crippen LogP contribution in [0.25, 0.3) is 0 Å². The van der Waals surface area contributed by atoms with Gasteiger partial charge in [-0.25, -0.2) is 4.39 Å². The molecular formula is C9H10ClFO. The van der Waals surface area contributed by atoms with Crippen molar-refractivity contribution in [3.63, 3.8) is 0 Å². The first-order valence-electron chi connectivity index (χ1n) is 3.65. The molecule has 1 aromatic carbocycles. The van der Waals surface area contributed by atoms with Gasteiger partial charge in [-0.2, -0.15) is 0 Å². The Kier molecular flexibility index (Phi) is 5.30. The second-order valence-corrected chi connectivity index (χ2v) is 2.13. The van der Waals surface area contributed by atoms with E-state index in [2.05, 4.69) is 0 Å². The number of halogens is 2. The molecule has 0 aliphatic heterocycles. The fourth-order valence-electron chi connectivity index (χ4n) is 0.611. The molecule has 0 spiro atoms. The monoisotopic (exact) mass is 188 g/mol. The van der Waals surface area contributed by atoms with Crippen molar-refractivity contribution < 1.29 is 9.18 Å². The fourth-order valence-corrected chi connectivity index (χ4v) is 0.728. The van der Waals surface area contributed by atoms with Crippen molar-refractivity contribution in [2.24, 2.45) is 0 Å². The molecule has 0 bridgehead atoms. The van der Waals surface area contributed by atoms with Crippen molar-refractivity contribution in [3.05, 3.63) is 35.6 Å². The van der Waals surface area contributed by atoms with Crippen LogP contribution in [0.4, 0.5) is 4.39 Å². The van der Waals surface area contributed by atoms with Crippen LogP contribution in [0.5, 0.6) is 0 Å². The molecule has 0 saturated heterocycles. The topological polar surface area (TPSA) is 17.1 Å². The molecule has 0 atom stereocenters. The highest BCUT2D eigenvalue weighted by Gasteiger charge is 2.00. The highest BCUT2D eigenvalue weighted by molar-refractivity contribution is 6.67. The van der Waals surface area contributed by atoms with Crippen molar-refractivity contribution >= 4 is 16.8 Å². The number of benzene rings is 1. The average molecular weight is 189 g/mol. The molecule has 1 rings (SSSR count). The largest absolute Gasteiger partial charge is 0.276 e. The molecule has 0 amide bonds. The highest BCUT2D eigenvalue weighted by Crippen LogP contribution is 2.05. The molecule has 0 heterocycles. The van der Waals surface area contributed by atoms with E-state index in [1.807, 2.05) is 13.8 Å². The van der Waals surface area contributed by atoms with E-state index in [-0.39, 0.29) is 5.56 Å². The minimum Gasteiger partial charge on any atom is -0.276 e. The van der Waals surface area contributed by atoms with Crippen LogP contribution in [0.2, 0.25) is 0 Å². The summed E-state index contributed by atoms with van der Waals surface area (Å²) in [5.41, 5.74) is 0.182. The van der Waals surface area contributed by atoms with Gasteiger partial charge in [0.2, 0.25) is 0 Å². The number of hydrogen-bond acceptors (Lipinski definition) is 1. The van der Waals surface area contributed by atoms with Crippen LogP contribution in [0.15, 0.2) is 24.3 Å². The van der Waals surface area contributed by atoms with Gasteiger partial charge in [0.1, 0.15) is 5.82 Å². The molecule has 1 aromatic rings. The number of rotatable bonds is 1. The summed E-state index contributed by atoms with van der Waals surface area (Å²) in [5.74, 6) is -0.452. The summed E-state index contributed by atoms with van der Waals surface area (Å²) >= 11 is 5.07. The molecule has 0 unspecified atom stereocenters. The van der Waals surface area contributed by atoms with E-state index in [4.69, 9.17) is 11.6 Å². The summed E-state index contributed by atoms with van der Waals surface area (Å²) < 4.78 is 12.3. The molecule has 0 aliphatic rings. The maximum absolute atomic E-state index is 12.3. The van der Waals surface area contributed by atoms with Crippen LogP contribution in [0.3, 0.4) is 0 Å². The predicted molar refractivity (Wildman–Crippen MR) is 47.9 cm³/mol. The average Bonchev–Trinajstić information content (AvgIpc) is 2.08. The van der Waals surface area contributed by atoms with E-state index in [9.17, 15) is 9.18 Å². The minimum atomic E-state index is -0.639. The Bertz CT molecular complexity index is 260. The summed E-state index contributed by atoms with van der Waals surface area (Å²) in [4.78, 5) is 10.4. The Morgan fingerprint density at radius 2 is 2.00 bits per heavy atom. The quantitative estimate of drug-likeness (QED) is 0.619. The van der Waals surface area contributed by atoms with Gasteiger partial charge in [-0.05, 0) is 29.8 Å².